The summed E-state index contributed by atoms with van der Waals surface area (Å²) in [6.07, 6.45) is 5.07. The third-order valence-electron chi connectivity index (χ3n) is 2.25. The maximum atomic E-state index is 4.23. The number of aryl methyl sites for hydroxylation is 2. The van der Waals surface area contributed by atoms with Crippen LogP contribution in [0.25, 0.3) is 0 Å². The fourth-order valence-corrected chi connectivity index (χ4v) is 1.64. The molecule has 1 aliphatic carbocycles. The summed E-state index contributed by atoms with van der Waals surface area (Å²) in [6, 6.07) is 0. The maximum absolute atomic E-state index is 4.23. The van der Waals surface area contributed by atoms with Gasteiger partial charge < -0.3 is 0 Å². The largest absolute Gasteiger partial charge is 0.282 e. The van der Waals surface area contributed by atoms with Gasteiger partial charge in [0.05, 0.1) is 5.69 Å². The summed E-state index contributed by atoms with van der Waals surface area (Å²) in [5, 5.41) is 7.26. The first-order valence-electron chi connectivity index (χ1n) is 6.14. The molecule has 2 rings (SSSR count). The van der Waals surface area contributed by atoms with Crippen LogP contribution in [0.1, 0.15) is 50.6 Å². The highest BCUT2D eigenvalue weighted by Gasteiger charge is 2.13. The Morgan fingerprint density at radius 1 is 1.12 bits per heavy atom. The molecule has 92 valence electrons. The highest BCUT2D eigenvalue weighted by Crippen LogP contribution is 2.20. The van der Waals surface area contributed by atoms with Gasteiger partial charge >= 0.3 is 0 Å². The van der Waals surface area contributed by atoms with Gasteiger partial charge in [-0.25, -0.2) is 0 Å². The summed E-state index contributed by atoms with van der Waals surface area (Å²) in [7, 11) is 0. The summed E-state index contributed by atoms with van der Waals surface area (Å²) in [4.78, 5) is 0. The first-order chi connectivity index (χ1) is 7.61. The Morgan fingerprint density at radius 2 is 1.62 bits per heavy atom. The van der Waals surface area contributed by atoms with Crippen LogP contribution in [0.5, 0.6) is 0 Å². The summed E-state index contributed by atoms with van der Waals surface area (Å²) in [6.45, 7) is 14.6. The van der Waals surface area contributed by atoms with E-state index in [0.29, 0.717) is 0 Å². The Balaban J connectivity index is 0.000000323. The van der Waals surface area contributed by atoms with Crippen molar-refractivity contribution in [2.24, 2.45) is 5.92 Å². The first-order valence-corrected chi connectivity index (χ1v) is 6.14. The van der Waals surface area contributed by atoms with E-state index < -0.39 is 0 Å². The van der Waals surface area contributed by atoms with Gasteiger partial charge in [0.25, 0.3) is 0 Å². The van der Waals surface area contributed by atoms with Crippen molar-refractivity contribution in [3.05, 3.63) is 30.1 Å². The zero-order valence-corrected chi connectivity index (χ0v) is 11.3. The Hall–Kier alpha value is -1.05. The molecule has 0 spiro atoms. The zero-order valence-electron chi connectivity index (χ0n) is 11.3. The molecule has 0 aliphatic heterocycles. The molecule has 0 fully saturated rings. The first kappa shape index (κ1) is 14.9. The molecule has 1 aromatic rings. The molecule has 2 heteroatoms. The van der Waals surface area contributed by atoms with E-state index in [2.05, 4.69) is 51.1 Å². The number of fused-ring (bicyclic) bond motifs is 1. The van der Waals surface area contributed by atoms with Crippen LogP contribution in [0.15, 0.2) is 13.2 Å². The van der Waals surface area contributed by atoms with Gasteiger partial charge in [0.1, 0.15) is 0 Å². The lowest BCUT2D eigenvalue weighted by atomic mass is 9.96. The van der Waals surface area contributed by atoms with Crippen molar-refractivity contribution in [2.45, 2.75) is 53.4 Å². The van der Waals surface area contributed by atoms with Crippen LogP contribution in [0, 0.1) is 12.8 Å². The van der Waals surface area contributed by atoms with Crippen molar-refractivity contribution in [1.29, 1.82) is 0 Å². The van der Waals surface area contributed by atoms with Crippen molar-refractivity contribution in [1.82, 2.24) is 10.2 Å². The average Bonchev–Trinajstić information content (AvgIpc) is 2.64. The molecule has 0 radical (unpaired) electrons. The molecule has 0 saturated carbocycles. The van der Waals surface area contributed by atoms with Crippen LogP contribution < -0.4 is 0 Å². The van der Waals surface area contributed by atoms with Crippen molar-refractivity contribution < 1.29 is 0 Å². The molecule has 1 heterocycles. The molecule has 0 aromatic carbocycles. The van der Waals surface area contributed by atoms with Gasteiger partial charge in [0, 0.05) is 5.69 Å². The Labute approximate surface area is 100 Å². The minimum absolute atomic E-state index is 0.833. The van der Waals surface area contributed by atoms with Gasteiger partial charge in [-0.2, -0.15) is 5.10 Å². The molecule has 0 amide bonds. The predicted molar refractivity (Wildman–Crippen MR) is 71.7 cm³/mol. The van der Waals surface area contributed by atoms with Crippen molar-refractivity contribution in [2.75, 3.05) is 0 Å². The second-order valence-corrected chi connectivity index (χ2v) is 4.71. The molecular weight excluding hydrogens is 196 g/mol. The number of rotatable bonds is 0. The standard InChI is InChI=1S/C8H12N2.C4H10.C2H4/c1-6-7-4-2-3-5-8(7)10-9-6;1-4(2)3;1-2/h2-5H2,1H3,(H,9,10);4H,1-3H3;1-2H2. The van der Waals surface area contributed by atoms with E-state index >= 15 is 0 Å². The molecule has 1 aliphatic rings. The van der Waals surface area contributed by atoms with Gasteiger partial charge in [-0.05, 0) is 44.1 Å². The quantitative estimate of drug-likeness (QED) is 0.659. The lowest BCUT2D eigenvalue weighted by Gasteiger charge is -2.08. The number of aromatic amines is 1. The van der Waals surface area contributed by atoms with Crippen LogP contribution in [-0.4, -0.2) is 10.2 Å². The number of nitrogens with one attached hydrogen (secondary N) is 1. The van der Waals surface area contributed by atoms with Crippen molar-refractivity contribution in [3.8, 4) is 0 Å². The van der Waals surface area contributed by atoms with E-state index in [4.69, 9.17) is 0 Å². The van der Waals surface area contributed by atoms with E-state index in [1.807, 2.05) is 0 Å². The van der Waals surface area contributed by atoms with Crippen LogP contribution >= 0.6 is 0 Å². The molecule has 1 aromatic heterocycles. The smallest absolute Gasteiger partial charge is 0.0656 e. The highest BCUT2D eigenvalue weighted by atomic mass is 15.1. The molecule has 1 N–H and O–H groups in total. The number of aromatic nitrogens is 2. The third kappa shape index (κ3) is 5.15. The molecule has 0 saturated heterocycles. The lowest BCUT2D eigenvalue weighted by molar-refractivity contribution is 0.673. The molecule has 2 nitrogen and oxygen atoms in total. The monoisotopic (exact) mass is 222 g/mol. The van der Waals surface area contributed by atoms with E-state index in [1.165, 1.54) is 42.6 Å². The van der Waals surface area contributed by atoms with Crippen LogP contribution in [0.2, 0.25) is 0 Å². The van der Waals surface area contributed by atoms with Gasteiger partial charge in [-0.3, -0.25) is 5.10 Å². The topological polar surface area (TPSA) is 28.7 Å². The summed E-state index contributed by atoms with van der Waals surface area (Å²) >= 11 is 0. The van der Waals surface area contributed by atoms with Gasteiger partial charge in [0.2, 0.25) is 0 Å². The average molecular weight is 222 g/mol. The Bertz CT molecular complexity index is 284. The van der Waals surface area contributed by atoms with E-state index in [0.717, 1.165) is 5.92 Å². The lowest BCUT2D eigenvalue weighted by Crippen LogP contribution is -2.00. The maximum Gasteiger partial charge on any atom is 0.0656 e. The molecule has 16 heavy (non-hydrogen) atoms. The van der Waals surface area contributed by atoms with Gasteiger partial charge in [-0.1, -0.05) is 20.8 Å². The Kier molecular flexibility index (Phi) is 7.61. The van der Waals surface area contributed by atoms with Crippen molar-refractivity contribution >= 4 is 0 Å². The van der Waals surface area contributed by atoms with Crippen molar-refractivity contribution in [3.63, 3.8) is 0 Å². The third-order valence-corrected chi connectivity index (χ3v) is 2.25. The highest BCUT2D eigenvalue weighted by molar-refractivity contribution is 5.26. The van der Waals surface area contributed by atoms with E-state index in [-0.39, 0.29) is 0 Å². The minimum atomic E-state index is 0.833. The zero-order chi connectivity index (χ0) is 12.6. The molecule has 0 atom stereocenters. The second kappa shape index (κ2) is 8.14. The number of H-pyrrole nitrogens is 1. The SMILES string of the molecule is C=C.CC(C)C.Cc1[nH]nc2c1CCCC2. The van der Waals surface area contributed by atoms with Crippen LogP contribution in [0.3, 0.4) is 0 Å². The second-order valence-electron chi connectivity index (χ2n) is 4.71. The molecule has 0 unspecified atom stereocenters. The normalized spacial score (nSPS) is 13.1. The van der Waals surface area contributed by atoms with Crippen LogP contribution in [-0.2, 0) is 12.8 Å². The molecular formula is C14H26N2. The fourth-order valence-electron chi connectivity index (χ4n) is 1.64. The fraction of sp³-hybridized carbons (Fsp3) is 0.643. The van der Waals surface area contributed by atoms with Gasteiger partial charge in [-0.15, -0.1) is 13.2 Å². The van der Waals surface area contributed by atoms with E-state index in [9.17, 15) is 0 Å². The summed E-state index contributed by atoms with van der Waals surface area (Å²) in [5.74, 6) is 0.833. The molecule has 0 bridgehead atoms. The van der Waals surface area contributed by atoms with Crippen LogP contribution in [0.4, 0.5) is 0 Å². The van der Waals surface area contributed by atoms with E-state index in [1.54, 1.807) is 0 Å². The summed E-state index contributed by atoms with van der Waals surface area (Å²) < 4.78 is 0. The van der Waals surface area contributed by atoms with Gasteiger partial charge in [0.15, 0.2) is 0 Å². The number of hydrogen-bond donors (Lipinski definition) is 1. The predicted octanol–water partition coefficient (Wildman–Crippen LogP) is 4.06. The minimum Gasteiger partial charge on any atom is -0.282 e. The number of nitrogens with zero attached hydrogens (tertiary/aromatic N) is 1. The Morgan fingerprint density at radius 3 is 2.12 bits per heavy atom. The summed E-state index contributed by atoms with van der Waals surface area (Å²) in [5.41, 5.74) is 4.06. The number of hydrogen-bond acceptors (Lipinski definition) is 1.